The molecule has 0 spiro atoms. The van der Waals surface area contributed by atoms with Crippen molar-refractivity contribution in [3.63, 3.8) is 0 Å². The predicted octanol–water partition coefficient (Wildman–Crippen LogP) is 3.80. The zero-order chi connectivity index (χ0) is 17.6. The lowest BCUT2D eigenvalue weighted by molar-refractivity contribution is -0.879. The molecule has 2 rings (SSSR count). The van der Waals surface area contributed by atoms with Crippen molar-refractivity contribution in [1.29, 1.82) is 0 Å². The lowest BCUT2D eigenvalue weighted by atomic mass is 10.1. The second-order valence-corrected chi connectivity index (χ2v) is 6.69. The van der Waals surface area contributed by atoms with Crippen LogP contribution in [0.3, 0.4) is 0 Å². The Morgan fingerprint density at radius 1 is 1.33 bits per heavy atom. The molecule has 1 aromatic heterocycles. The third-order valence-electron chi connectivity index (χ3n) is 4.39. The number of hydrogen-bond donors (Lipinski definition) is 2. The maximum atomic E-state index is 12.4. The molecule has 0 aliphatic heterocycles. The highest BCUT2D eigenvalue weighted by molar-refractivity contribution is 6.31. The van der Waals surface area contributed by atoms with Crippen LogP contribution in [0, 0.1) is 5.21 Å². The average molecular weight is 352 g/mol. The van der Waals surface area contributed by atoms with Crippen LogP contribution in [0.2, 0.25) is 5.02 Å². The van der Waals surface area contributed by atoms with Crippen LogP contribution in [0.4, 0.5) is 5.69 Å². The van der Waals surface area contributed by atoms with E-state index in [1.54, 1.807) is 6.20 Å². The van der Waals surface area contributed by atoms with E-state index in [0.717, 1.165) is 29.4 Å². The van der Waals surface area contributed by atoms with Gasteiger partial charge in [-0.05, 0) is 51.0 Å². The van der Waals surface area contributed by atoms with Gasteiger partial charge in [-0.25, -0.2) is 0 Å². The average Bonchev–Trinajstić information content (AvgIpc) is 2.55. The number of quaternary nitrogens is 1. The van der Waals surface area contributed by atoms with Crippen LogP contribution in [0.1, 0.15) is 26.7 Å². The summed E-state index contributed by atoms with van der Waals surface area (Å²) in [5.74, 6) is 0. The number of pyridine rings is 1. The van der Waals surface area contributed by atoms with E-state index in [4.69, 9.17) is 16.7 Å². The Kier molecular flexibility index (Phi) is 6.80. The van der Waals surface area contributed by atoms with Crippen LogP contribution in [0.25, 0.3) is 10.9 Å². The number of nitrogens with one attached hydrogen (secondary N) is 1. The molecule has 0 bridgehead atoms. The maximum Gasteiger partial charge on any atom is 0.102 e. The van der Waals surface area contributed by atoms with E-state index < -0.39 is 0 Å². The number of hydrogen-bond acceptors (Lipinski definition) is 4. The van der Waals surface area contributed by atoms with Crippen LogP contribution in [-0.2, 0) is 0 Å². The Bertz CT molecular complexity index is 668. The molecule has 5 nitrogen and oxygen atoms in total. The largest absolute Gasteiger partial charge is 0.633 e. The van der Waals surface area contributed by atoms with Crippen LogP contribution in [0.5, 0.6) is 0 Å². The number of likely N-dealkylation sites (N-methyl/N-ethyl adjacent to an activating group) is 1. The standard InChI is InChI=1S/C18H26ClN3O2/c1-3-22(24,11-12-23)10-4-5-14(2)21-17-8-9-20-18-13-15(19)6-7-16(17)18/h6-9,13-14,23H,3-5,10-12H2,1-2H3,(H,20,21). The minimum Gasteiger partial charge on any atom is -0.633 e. The number of anilines is 1. The maximum absolute atomic E-state index is 12.4. The fourth-order valence-corrected chi connectivity index (χ4v) is 3.05. The summed E-state index contributed by atoms with van der Waals surface area (Å²) in [6, 6.07) is 7.88. The van der Waals surface area contributed by atoms with E-state index in [0.29, 0.717) is 18.1 Å². The highest BCUT2D eigenvalue weighted by atomic mass is 35.5. The van der Waals surface area contributed by atoms with E-state index in [2.05, 4.69) is 17.2 Å². The number of halogens is 1. The SMILES string of the molecule is CC[N+]([O-])(CCO)CCCC(C)Nc1ccnc2cc(Cl)ccc12. The van der Waals surface area contributed by atoms with E-state index >= 15 is 0 Å². The van der Waals surface area contributed by atoms with Gasteiger partial charge in [0.15, 0.2) is 0 Å². The van der Waals surface area contributed by atoms with Crippen molar-refractivity contribution in [2.75, 3.05) is 31.6 Å². The highest BCUT2D eigenvalue weighted by Gasteiger charge is 2.14. The van der Waals surface area contributed by atoms with Crippen molar-refractivity contribution in [3.05, 3.63) is 40.7 Å². The van der Waals surface area contributed by atoms with E-state index in [1.807, 2.05) is 31.2 Å². The number of aromatic nitrogens is 1. The van der Waals surface area contributed by atoms with Crippen molar-refractivity contribution >= 4 is 28.2 Å². The summed E-state index contributed by atoms with van der Waals surface area (Å²) in [6.07, 6.45) is 3.48. The molecule has 24 heavy (non-hydrogen) atoms. The van der Waals surface area contributed by atoms with E-state index in [-0.39, 0.29) is 23.8 Å². The fourth-order valence-electron chi connectivity index (χ4n) is 2.88. The molecule has 2 aromatic rings. The summed E-state index contributed by atoms with van der Waals surface area (Å²) in [7, 11) is 0. The minimum absolute atomic E-state index is 0.0588. The molecule has 0 saturated heterocycles. The second-order valence-electron chi connectivity index (χ2n) is 6.25. The number of fused-ring (bicyclic) bond motifs is 1. The smallest absolute Gasteiger partial charge is 0.102 e. The Balaban J connectivity index is 1.94. The summed E-state index contributed by atoms with van der Waals surface area (Å²) in [4.78, 5) is 4.34. The minimum atomic E-state index is -0.320. The van der Waals surface area contributed by atoms with Crippen molar-refractivity contribution in [2.24, 2.45) is 0 Å². The summed E-state index contributed by atoms with van der Waals surface area (Å²) >= 11 is 6.02. The van der Waals surface area contributed by atoms with Crippen molar-refractivity contribution in [2.45, 2.75) is 32.7 Å². The molecule has 2 unspecified atom stereocenters. The number of rotatable bonds is 9. The number of hydroxylamine groups is 3. The normalized spacial score (nSPS) is 15.2. The Hall–Kier alpha value is -1.40. The third kappa shape index (κ3) is 5.05. The molecule has 0 aliphatic carbocycles. The lowest BCUT2D eigenvalue weighted by Gasteiger charge is -2.41. The zero-order valence-corrected chi connectivity index (χ0v) is 15.1. The Morgan fingerprint density at radius 3 is 2.83 bits per heavy atom. The molecule has 2 N–H and O–H groups in total. The first-order chi connectivity index (χ1) is 11.5. The monoisotopic (exact) mass is 351 g/mol. The van der Waals surface area contributed by atoms with Crippen LogP contribution < -0.4 is 5.32 Å². The first-order valence-corrected chi connectivity index (χ1v) is 8.84. The van der Waals surface area contributed by atoms with Gasteiger partial charge in [0.25, 0.3) is 0 Å². The summed E-state index contributed by atoms with van der Waals surface area (Å²) in [5.41, 5.74) is 1.89. The van der Waals surface area contributed by atoms with Gasteiger partial charge in [0.1, 0.15) is 6.54 Å². The molecule has 0 aliphatic rings. The lowest BCUT2D eigenvalue weighted by Crippen LogP contribution is -2.45. The van der Waals surface area contributed by atoms with Gasteiger partial charge in [0.2, 0.25) is 0 Å². The van der Waals surface area contributed by atoms with Gasteiger partial charge in [-0.2, -0.15) is 0 Å². The van der Waals surface area contributed by atoms with E-state index in [1.165, 1.54) is 0 Å². The molecule has 1 heterocycles. The number of benzene rings is 1. The van der Waals surface area contributed by atoms with Crippen LogP contribution >= 0.6 is 11.6 Å². The summed E-state index contributed by atoms with van der Waals surface area (Å²) < 4.78 is -0.320. The van der Waals surface area contributed by atoms with Gasteiger partial charge < -0.3 is 20.3 Å². The van der Waals surface area contributed by atoms with Crippen LogP contribution in [0.15, 0.2) is 30.5 Å². The molecule has 0 amide bonds. The van der Waals surface area contributed by atoms with Gasteiger partial charge >= 0.3 is 0 Å². The second kappa shape index (κ2) is 8.62. The molecule has 132 valence electrons. The summed E-state index contributed by atoms with van der Waals surface area (Å²) in [6.45, 7) is 5.23. The predicted molar refractivity (Wildman–Crippen MR) is 100 cm³/mol. The molecule has 2 atom stereocenters. The highest BCUT2D eigenvalue weighted by Crippen LogP contribution is 2.25. The Morgan fingerprint density at radius 2 is 2.12 bits per heavy atom. The van der Waals surface area contributed by atoms with Gasteiger partial charge in [-0.1, -0.05) is 11.6 Å². The molecule has 0 fully saturated rings. The van der Waals surface area contributed by atoms with Gasteiger partial charge in [0, 0.05) is 28.3 Å². The van der Waals surface area contributed by atoms with Crippen LogP contribution in [-0.4, -0.2) is 47.0 Å². The van der Waals surface area contributed by atoms with Gasteiger partial charge in [-0.15, -0.1) is 0 Å². The zero-order valence-electron chi connectivity index (χ0n) is 14.3. The van der Waals surface area contributed by atoms with E-state index in [9.17, 15) is 5.21 Å². The number of aliphatic hydroxyl groups is 1. The molecular weight excluding hydrogens is 326 g/mol. The Labute approximate surface area is 148 Å². The third-order valence-corrected chi connectivity index (χ3v) is 4.63. The van der Waals surface area contributed by atoms with Crippen molar-refractivity contribution in [3.8, 4) is 0 Å². The van der Waals surface area contributed by atoms with Gasteiger partial charge in [-0.3, -0.25) is 4.98 Å². The van der Waals surface area contributed by atoms with Crippen molar-refractivity contribution in [1.82, 2.24) is 4.98 Å². The first kappa shape index (κ1) is 18.9. The molecule has 0 saturated carbocycles. The molecule has 0 radical (unpaired) electrons. The topological polar surface area (TPSA) is 68.2 Å². The molecule has 6 heteroatoms. The van der Waals surface area contributed by atoms with Gasteiger partial charge in [0.05, 0.1) is 25.2 Å². The number of aliphatic hydroxyl groups excluding tert-OH is 1. The summed E-state index contributed by atoms with van der Waals surface area (Å²) in [5, 5.41) is 26.6. The fraction of sp³-hybridized carbons (Fsp3) is 0.500. The number of nitrogens with zero attached hydrogens (tertiary/aromatic N) is 2. The first-order valence-electron chi connectivity index (χ1n) is 8.46. The molecule has 1 aromatic carbocycles. The quantitative estimate of drug-likeness (QED) is 0.532. The molecular formula is C18H26ClN3O2. The van der Waals surface area contributed by atoms with Crippen molar-refractivity contribution < 1.29 is 9.75 Å².